The largest absolute Gasteiger partial charge is 0.370 e. The van der Waals surface area contributed by atoms with Crippen LogP contribution in [0.15, 0.2) is 9.95 Å². The fourth-order valence-corrected chi connectivity index (χ4v) is 4.85. The number of nitrogens with zero attached hydrogens (tertiary/aromatic N) is 2. The zero-order valence-electron chi connectivity index (χ0n) is 14.4. The normalized spacial score (nSPS) is 17.0. The van der Waals surface area contributed by atoms with Gasteiger partial charge in [-0.2, -0.15) is 0 Å². The van der Waals surface area contributed by atoms with E-state index in [-0.39, 0.29) is 11.2 Å². The van der Waals surface area contributed by atoms with E-state index in [1.165, 1.54) is 4.88 Å². The molecule has 3 heterocycles. The third kappa shape index (κ3) is 3.21. The zero-order valence-corrected chi connectivity index (χ0v) is 16.1. The highest BCUT2D eigenvalue weighted by molar-refractivity contribution is 7.99. The molecule has 0 spiro atoms. The number of rotatable bonds is 4. The predicted molar refractivity (Wildman–Crippen MR) is 97.7 cm³/mol. The van der Waals surface area contributed by atoms with Gasteiger partial charge in [-0.05, 0) is 31.1 Å². The van der Waals surface area contributed by atoms with Crippen molar-refractivity contribution in [1.29, 1.82) is 0 Å². The standard InChI is InChI=1S/C17H24N2O2S2/c1-6-22-16-18-14-13(15(20)19(16)8-10(2)3)11-7-17(4,5)21-9-12(11)23-14/h10H,6-9H2,1-5H3. The van der Waals surface area contributed by atoms with Gasteiger partial charge in [-0.3, -0.25) is 9.36 Å². The van der Waals surface area contributed by atoms with E-state index in [4.69, 9.17) is 9.72 Å². The van der Waals surface area contributed by atoms with Crippen LogP contribution in [0.25, 0.3) is 10.2 Å². The van der Waals surface area contributed by atoms with Gasteiger partial charge in [0.1, 0.15) is 4.83 Å². The summed E-state index contributed by atoms with van der Waals surface area (Å²) in [5.41, 5.74) is 1.06. The molecule has 23 heavy (non-hydrogen) atoms. The second kappa shape index (κ2) is 6.22. The Bertz CT molecular complexity index is 790. The third-order valence-corrected chi connectivity index (χ3v) is 5.93. The van der Waals surface area contributed by atoms with Gasteiger partial charge in [0, 0.05) is 17.8 Å². The highest BCUT2D eigenvalue weighted by Crippen LogP contribution is 2.37. The van der Waals surface area contributed by atoms with Crippen molar-refractivity contribution in [3.05, 3.63) is 20.8 Å². The first-order valence-corrected chi connectivity index (χ1v) is 9.94. The van der Waals surface area contributed by atoms with Gasteiger partial charge in [0.15, 0.2) is 5.16 Å². The Morgan fingerprint density at radius 3 is 2.83 bits per heavy atom. The van der Waals surface area contributed by atoms with Gasteiger partial charge in [0.25, 0.3) is 5.56 Å². The van der Waals surface area contributed by atoms with Crippen LogP contribution in [0.5, 0.6) is 0 Å². The van der Waals surface area contributed by atoms with E-state index in [0.717, 1.165) is 33.1 Å². The molecule has 0 fully saturated rings. The van der Waals surface area contributed by atoms with E-state index in [1.807, 2.05) is 4.57 Å². The molecule has 6 heteroatoms. The molecule has 1 aliphatic heterocycles. The lowest BCUT2D eigenvalue weighted by Gasteiger charge is -2.30. The topological polar surface area (TPSA) is 44.1 Å². The Balaban J connectivity index is 2.24. The molecular formula is C17H24N2O2S2. The predicted octanol–water partition coefficient (Wildman–Crippen LogP) is 4.08. The molecule has 0 aromatic carbocycles. The minimum absolute atomic E-state index is 0.120. The molecule has 0 radical (unpaired) electrons. The van der Waals surface area contributed by atoms with Crippen LogP contribution in [0.2, 0.25) is 0 Å². The molecule has 0 N–H and O–H groups in total. The fourth-order valence-electron chi connectivity index (χ4n) is 2.97. The summed E-state index contributed by atoms with van der Waals surface area (Å²) in [5.74, 6) is 1.33. The van der Waals surface area contributed by atoms with Crippen molar-refractivity contribution in [2.75, 3.05) is 5.75 Å². The molecule has 2 aromatic heterocycles. The van der Waals surface area contributed by atoms with E-state index >= 15 is 0 Å². The van der Waals surface area contributed by atoms with E-state index in [1.54, 1.807) is 23.1 Å². The molecule has 2 aromatic rings. The maximum Gasteiger partial charge on any atom is 0.263 e. The van der Waals surface area contributed by atoms with E-state index in [9.17, 15) is 4.79 Å². The first kappa shape index (κ1) is 17.0. The Morgan fingerprint density at radius 1 is 1.43 bits per heavy atom. The Morgan fingerprint density at radius 2 is 2.17 bits per heavy atom. The number of ether oxygens (including phenoxy) is 1. The van der Waals surface area contributed by atoms with Crippen molar-refractivity contribution in [3.8, 4) is 0 Å². The van der Waals surface area contributed by atoms with E-state index < -0.39 is 0 Å². The SMILES string of the molecule is CCSc1nc2sc3c(c2c(=O)n1CC(C)C)CC(C)(C)OC3. The van der Waals surface area contributed by atoms with Crippen LogP contribution in [-0.4, -0.2) is 20.9 Å². The van der Waals surface area contributed by atoms with Crippen molar-refractivity contribution in [3.63, 3.8) is 0 Å². The average Bonchev–Trinajstić information content (AvgIpc) is 2.79. The summed E-state index contributed by atoms with van der Waals surface area (Å²) >= 11 is 3.27. The molecule has 0 amide bonds. The number of hydrogen-bond acceptors (Lipinski definition) is 5. The van der Waals surface area contributed by atoms with Crippen LogP contribution in [0, 0.1) is 5.92 Å². The number of fused-ring (bicyclic) bond motifs is 3. The Hall–Kier alpha value is -0.850. The van der Waals surface area contributed by atoms with Crippen molar-refractivity contribution in [2.24, 2.45) is 5.92 Å². The van der Waals surface area contributed by atoms with Crippen molar-refractivity contribution < 1.29 is 4.74 Å². The summed E-state index contributed by atoms with van der Waals surface area (Å²) in [7, 11) is 0. The first-order chi connectivity index (χ1) is 10.8. The van der Waals surface area contributed by atoms with Crippen LogP contribution >= 0.6 is 23.1 Å². The van der Waals surface area contributed by atoms with Crippen LogP contribution in [0.1, 0.15) is 45.1 Å². The third-order valence-electron chi connectivity index (χ3n) is 3.98. The Kier molecular flexibility index (Phi) is 4.60. The second-order valence-corrected chi connectivity index (χ2v) is 9.36. The molecule has 4 nitrogen and oxygen atoms in total. The van der Waals surface area contributed by atoms with Crippen molar-refractivity contribution >= 4 is 33.3 Å². The highest BCUT2D eigenvalue weighted by atomic mass is 32.2. The van der Waals surface area contributed by atoms with Crippen molar-refractivity contribution in [2.45, 2.75) is 64.9 Å². The molecule has 0 atom stereocenters. The fraction of sp³-hybridized carbons (Fsp3) is 0.647. The lowest BCUT2D eigenvalue weighted by Crippen LogP contribution is -2.32. The molecule has 1 aliphatic rings. The monoisotopic (exact) mass is 352 g/mol. The summed E-state index contributed by atoms with van der Waals surface area (Å²) in [4.78, 5) is 20.0. The van der Waals surface area contributed by atoms with E-state index in [0.29, 0.717) is 19.1 Å². The lowest BCUT2D eigenvalue weighted by atomic mass is 9.94. The average molecular weight is 353 g/mol. The van der Waals surface area contributed by atoms with Gasteiger partial charge in [-0.1, -0.05) is 32.5 Å². The maximum atomic E-state index is 13.2. The summed E-state index contributed by atoms with van der Waals surface area (Å²) in [5, 5.41) is 1.67. The first-order valence-electron chi connectivity index (χ1n) is 8.14. The molecule has 0 aliphatic carbocycles. The molecule has 0 saturated heterocycles. The van der Waals surface area contributed by atoms with Crippen LogP contribution in [0.4, 0.5) is 0 Å². The maximum absolute atomic E-state index is 13.2. The number of aromatic nitrogens is 2. The van der Waals surface area contributed by atoms with Crippen LogP contribution in [-0.2, 0) is 24.3 Å². The Labute approximate surface area is 145 Å². The van der Waals surface area contributed by atoms with Crippen molar-refractivity contribution in [1.82, 2.24) is 9.55 Å². The summed E-state index contributed by atoms with van der Waals surface area (Å²) in [6.45, 7) is 11.8. The zero-order chi connectivity index (χ0) is 16.8. The van der Waals surface area contributed by atoms with E-state index in [2.05, 4.69) is 34.6 Å². The van der Waals surface area contributed by atoms with Crippen LogP contribution in [0.3, 0.4) is 0 Å². The number of hydrogen-bond donors (Lipinski definition) is 0. The second-order valence-electron chi connectivity index (χ2n) is 7.05. The van der Waals surface area contributed by atoms with Gasteiger partial charge >= 0.3 is 0 Å². The lowest BCUT2D eigenvalue weighted by molar-refractivity contribution is -0.0379. The smallest absolute Gasteiger partial charge is 0.263 e. The molecule has 3 rings (SSSR count). The number of thiophene rings is 1. The quantitative estimate of drug-likeness (QED) is 0.614. The number of thioether (sulfide) groups is 1. The van der Waals surface area contributed by atoms with Gasteiger partial charge in [-0.15, -0.1) is 11.3 Å². The van der Waals surface area contributed by atoms with Gasteiger partial charge < -0.3 is 4.74 Å². The minimum atomic E-state index is -0.215. The molecule has 0 unspecified atom stereocenters. The van der Waals surface area contributed by atoms with Gasteiger partial charge in [-0.25, -0.2) is 4.98 Å². The molecule has 0 bridgehead atoms. The highest BCUT2D eigenvalue weighted by Gasteiger charge is 2.31. The summed E-state index contributed by atoms with van der Waals surface area (Å²) in [6.07, 6.45) is 0.779. The summed E-state index contributed by atoms with van der Waals surface area (Å²) < 4.78 is 7.77. The van der Waals surface area contributed by atoms with Gasteiger partial charge in [0.05, 0.1) is 17.6 Å². The van der Waals surface area contributed by atoms with Gasteiger partial charge in [0.2, 0.25) is 0 Å². The minimum Gasteiger partial charge on any atom is -0.370 e. The molecule has 126 valence electrons. The molecule has 0 saturated carbocycles. The van der Waals surface area contributed by atoms with Crippen LogP contribution < -0.4 is 5.56 Å². The summed E-state index contributed by atoms with van der Waals surface area (Å²) in [6, 6.07) is 0. The molecular weight excluding hydrogens is 328 g/mol.